The molecule has 1 amide bonds. The maximum atomic E-state index is 12.3. The van der Waals surface area contributed by atoms with Crippen molar-refractivity contribution in [2.45, 2.75) is 39.2 Å². The van der Waals surface area contributed by atoms with Gasteiger partial charge >= 0.3 is 6.09 Å². The summed E-state index contributed by atoms with van der Waals surface area (Å²) in [7, 11) is 0. The summed E-state index contributed by atoms with van der Waals surface area (Å²) in [6.45, 7) is 8.70. The number of hydrogen-bond acceptors (Lipinski definition) is 6. The zero-order chi connectivity index (χ0) is 18.1. The summed E-state index contributed by atoms with van der Waals surface area (Å²) < 4.78 is 5.48. The Labute approximate surface area is 149 Å². The van der Waals surface area contributed by atoms with Gasteiger partial charge in [-0.25, -0.2) is 14.8 Å². The molecule has 1 spiro atoms. The first kappa shape index (κ1) is 17.9. The molecule has 1 aromatic rings. The molecule has 2 aliphatic heterocycles. The van der Waals surface area contributed by atoms with E-state index >= 15 is 0 Å². The van der Waals surface area contributed by atoms with Crippen LogP contribution < -0.4 is 4.90 Å². The third-order valence-electron chi connectivity index (χ3n) is 5.28. The topological polar surface area (TPSA) is 78.8 Å². The fraction of sp³-hybridized carbons (Fsp3) is 0.722. The van der Waals surface area contributed by atoms with E-state index in [0.717, 1.165) is 25.9 Å². The second kappa shape index (κ2) is 6.78. The molecular formula is C18H28N4O3. The van der Waals surface area contributed by atoms with Gasteiger partial charge in [-0.05, 0) is 45.1 Å². The quantitative estimate of drug-likeness (QED) is 0.880. The molecule has 3 rings (SSSR count). The van der Waals surface area contributed by atoms with Crippen molar-refractivity contribution < 1.29 is 14.6 Å². The van der Waals surface area contributed by atoms with Crippen LogP contribution in [-0.2, 0) is 4.74 Å². The number of likely N-dealkylation sites (tertiary alicyclic amines) is 1. The van der Waals surface area contributed by atoms with Gasteiger partial charge in [0.25, 0.3) is 0 Å². The minimum Gasteiger partial charge on any atom is -0.444 e. The Morgan fingerprint density at radius 1 is 1.32 bits per heavy atom. The fourth-order valence-electron chi connectivity index (χ4n) is 3.92. The lowest BCUT2D eigenvalue weighted by Gasteiger charge is -2.42. The lowest BCUT2D eigenvalue weighted by atomic mass is 9.71. The third kappa shape index (κ3) is 3.86. The average Bonchev–Trinajstić information content (AvgIpc) is 2.93. The Morgan fingerprint density at radius 3 is 2.52 bits per heavy atom. The van der Waals surface area contributed by atoms with Gasteiger partial charge < -0.3 is 19.6 Å². The number of anilines is 1. The minimum absolute atomic E-state index is 0.00641. The predicted octanol–water partition coefficient (Wildman–Crippen LogP) is 1.92. The molecule has 0 saturated carbocycles. The normalized spacial score (nSPS) is 23.1. The van der Waals surface area contributed by atoms with E-state index in [1.165, 1.54) is 0 Å². The molecule has 7 heteroatoms. The van der Waals surface area contributed by atoms with E-state index in [1.54, 1.807) is 23.4 Å². The fourth-order valence-corrected chi connectivity index (χ4v) is 3.92. The van der Waals surface area contributed by atoms with Crippen LogP contribution in [0.2, 0.25) is 0 Å². The van der Waals surface area contributed by atoms with Crippen molar-refractivity contribution in [3.63, 3.8) is 0 Å². The molecule has 0 bridgehead atoms. The van der Waals surface area contributed by atoms with Gasteiger partial charge in [0.1, 0.15) is 5.60 Å². The molecule has 138 valence electrons. The predicted molar refractivity (Wildman–Crippen MR) is 94.3 cm³/mol. The molecule has 0 unspecified atom stereocenters. The third-order valence-corrected chi connectivity index (χ3v) is 5.28. The van der Waals surface area contributed by atoms with Crippen LogP contribution in [0.5, 0.6) is 0 Å². The Bertz CT molecular complexity index is 594. The molecule has 0 radical (unpaired) electrons. The summed E-state index contributed by atoms with van der Waals surface area (Å²) in [5.74, 6) is 0.893. The number of aromatic nitrogens is 2. The van der Waals surface area contributed by atoms with Gasteiger partial charge in [-0.15, -0.1) is 0 Å². The van der Waals surface area contributed by atoms with Crippen molar-refractivity contribution in [2.75, 3.05) is 37.7 Å². The smallest absolute Gasteiger partial charge is 0.410 e. The van der Waals surface area contributed by atoms with E-state index in [-0.39, 0.29) is 24.0 Å². The highest BCUT2D eigenvalue weighted by Crippen LogP contribution is 2.45. The SMILES string of the molecule is CC(C)(C)OC(=O)N1CCC2(CC1)CN(c1ncccn1)C[C@H]2CO. The van der Waals surface area contributed by atoms with E-state index in [4.69, 9.17) is 4.74 Å². The zero-order valence-electron chi connectivity index (χ0n) is 15.3. The Morgan fingerprint density at radius 2 is 1.96 bits per heavy atom. The number of aliphatic hydroxyl groups excluding tert-OH is 1. The van der Waals surface area contributed by atoms with Gasteiger partial charge in [0, 0.05) is 51.1 Å². The number of hydrogen-bond donors (Lipinski definition) is 1. The number of amides is 1. The van der Waals surface area contributed by atoms with E-state index in [9.17, 15) is 9.90 Å². The van der Waals surface area contributed by atoms with Gasteiger partial charge in [-0.2, -0.15) is 0 Å². The Hall–Kier alpha value is -1.89. The van der Waals surface area contributed by atoms with Gasteiger partial charge in [0.2, 0.25) is 5.95 Å². The Kier molecular flexibility index (Phi) is 4.86. The lowest BCUT2D eigenvalue weighted by molar-refractivity contribution is 0.00273. The molecule has 7 nitrogen and oxygen atoms in total. The number of nitrogens with zero attached hydrogens (tertiary/aromatic N) is 4. The van der Waals surface area contributed by atoms with Crippen molar-refractivity contribution in [1.29, 1.82) is 0 Å². The highest BCUT2D eigenvalue weighted by molar-refractivity contribution is 5.68. The molecule has 1 aromatic heterocycles. The number of piperidine rings is 1. The first-order chi connectivity index (χ1) is 11.8. The molecule has 2 saturated heterocycles. The van der Waals surface area contributed by atoms with Gasteiger partial charge in [0.05, 0.1) is 0 Å². The lowest BCUT2D eigenvalue weighted by Crippen LogP contribution is -2.48. The summed E-state index contributed by atoms with van der Waals surface area (Å²) in [6.07, 6.45) is 4.96. The van der Waals surface area contributed by atoms with Crippen LogP contribution in [0.15, 0.2) is 18.5 Å². The van der Waals surface area contributed by atoms with Crippen LogP contribution in [0.3, 0.4) is 0 Å². The van der Waals surface area contributed by atoms with Crippen LogP contribution in [0.1, 0.15) is 33.6 Å². The number of rotatable bonds is 2. The highest BCUT2D eigenvalue weighted by Gasteiger charge is 2.49. The van der Waals surface area contributed by atoms with Crippen LogP contribution in [0.25, 0.3) is 0 Å². The van der Waals surface area contributed by atoms with Crippen molar-refractivity contribution >= 4 is 12.0 Å². The molecule has 1 N–H and O–H groups in total. The second-order valence-corrected chi connectivity index (χ2v) is 8.14. The van der Waals surface area contributed by atoms with E-state index in [1.807, 2.05) is 20.8 Å². The molecule has 2 fully saturated rings. The molecule has 0 aromatic carbocycles. The van der Waals surface area contributed by atoms with Crippen LogP contribution in [0.4, 0.5) is 10.7 Å². The average molecular weight is 348 g/mol. The van der Waals surface area contributed by atoms with Gasteiger partial charge in [0.15, 0.2) is 0 Å². The van der Waals surface area contributed by atoms with Gasteiger partial charge in [-0.1, -0.05) is 0 Å². The molecule has 25 heavy (non-hydrogen) atoms. The summed E-state index contributed by atoms with van der Waals surface area (Å²) >= 11 is 0. The standard InChI is InChI=1S/C18H28N4O3/c1-17(2,3)25-16(24)21-9-5-18(6-10-21)13-22(11-14(18)12-23)15-19-7-4-8-20-15/h4,7-8,14,23H,5-6,9-13H2,1-3H3/t14-/m0/s1. The van der Waals surface area contributed by atoms with E-state index < -0.39 is 5.60 Å². The number of aliphatic hydroxyl groups is 1. The summed E-state index contributed by atoms with van der Waals surface area (Å²) in [5, 5.41) is 9.90. The van der Waals surface area contributed by atoms with Gasteiger partial charge in [-0.3, -0.25) is 0 Å². The highest BCUT2D eigenvalue weighted by atomic mass is 16.6. The van der Waals surface area contributed by atoms with E-state index in [2.05, 4.69) is 14.9 Å². The van der Waals surface area contributed by atoms with Crippen LogP contribution in [0, 0.1) is 11.3 Å². The zero-order valence-corrected chi connectivity index (χ0v) is 15.3. The van der Waals surface area contributed by atoms with Crippen molar-refractivity contribution in [1.82, 2.24) is 14.9 Å². The van der Waals surface area contributed by atoms with Crippen molar-refractivity contribution in [3.8, 4) is 0 Å². The monoisotopic (exact) mass is 348 g/mol. The largest absolute Gasteiger partial charge is 0.444 e. The Balaban J connectivity index is 1.66. The maximum Gasteiger partial charge on any atom is 0.410 e. The first-order valence-corrected chi connectivity index (χ1v) is 8.94. The van der Waals surface area contributed by atoms with Crippen molar-refractivity contribution in [3.05, 3.63) is 18.5 Å². The van der Waals surface area contributed by atoms with Crippen LogP contribution in [-0.4, -0.2) is 64.5 Å². The van der Waals surface area contributed by atoms with E-state index in [0.29, 0.717) is 19.0 Å². The summed E-state index contributed by atoms with van der Waals surface area (Å²) in [6, 6.07) is 1.80. The molecule has 2 aliphatic rings. The number of ether oxygens (including phenoxy) is 1. The maximum absolute atomic E-state index is 12.3. The first-order valence-electron chi connectivity index (χ1n) is 8.94. The summed E-state index contributed by atoms with van der Waals surface area (Å²) in [4.78, 5) is 24.9. The molecule has 0 aliphatic carbocycles. The molecular weight excluding hydrogens is 320 g/mol. The van der Waals surface area contributed by atoms with Crippen LogP contribution >= 0.6 is 0 Å². The minimum atomic E-state index is -0.478. The second-order valence-electron chi connectivity index (χ2n) is 8.14. The number of carbonyl (C=O) groups excluding carboxylic acids is 1. The number of carbonyl (C=O) groups is 1. The molecule has 1 atom stereocenters. The summed E-state index contributed by atoms with van der Waals surface area (Å²) in [5.41, 5.74) is -0.471. The molecule has 3 heterocycles. The van der Waals surface area contributed by atoms with Crippen molar-refractivity contribution in [2.24, 2.45) is 11.3 Å².